The molecule has 1 aliphatic rings. The maximum Gasteiger partial charge on any atom is 0.264 e. The molecule has 6 heteroatoms. The third-order valence-electron chi connectivity index (χ3n) is 4.49. The van der Waals surface area contributed by atoms with Crippen LogP contribution >= 0.6 is 11.3 Å². The van der Waals surface area contributed by atoms with Crippen molar-refractivity contribution in [2.75, 3.05) is 39.3 Å². The lowest BCUT2D eigenvalue weighted by Gasteiger charge is -2.34. The van der Waals surface area contributed by atoms with Gasteiger partial charge in [0.1, 0.15) is 0 Å². The first kappa shape index (κ1) is 18.4. The second-order valence-electron chi connectivity index (χ2n) is 6.19. The van der Waals surface area contributed by atoms with Crippen molar-refractivity contribution in [1.82, 2.24) is 15.1 Å². The Morgan fingerprint density at radius 2 is 1.85 bits per heavy atom. The highest BCUT2D eigenvalue weighted by Gasteiger charge is 2.23. The second kappa shape index (κ2) is 8.78. The van der Waals surface area contributed by atoms with Crippen LogP contribution in [0.1, 0.15) is 9.67 Å². The van der Waals surface area contributed by atoms with E-state index < -0.39 is 0 Å². The Hall–Kier alpha value is -2.44. The molecule has 5 nitrogen and oxygen atoms in total. The predicted molar refractivity (Wildman–Crippen MR) is 105 cm³/mol. The van der Waals surface area contributed by atoms with Crippen molar-refractivity contribution >= 4 is 23.2 Å². The Kier molecular flexibility index (Phi) is 6.20. The largest absolute Gasteiger partial charge is 0.351 e. The third-order valence-corrected chi connectivity index (χ3v) is 5.41. The van der Waals surface area contributed by atoms with Crippen molar-refractivity contribution in [3.05, 3.63) is 59.3 Å². The molecule has 2 aromatic rings. The van der Waals surface area contributed by atoms with Gasteiger partial charge in [0.25, 0.3) is 5.91 Å². The van der Waals surface area contributed by atoms with E-state index in [4.69, 9.17) is 0 Å². The number of hydrogen-bond acceptors (Lipinski definition) is 4. The van der Waals surface area contributed by atoms with E-state index in [9.17, 15) is 9.59 Å². The van der Waals surface area contributed by atoms with Crippen molar-refractivity contribution in [1.29, 1.82) is 0 Å². The number of carbonyl (C=O) groups excluding carboxylic acids is 2. The van der Waals surface area contributed by atoms with Gasteiger partial charge in [-0.25, -0.2) is 0 Å². The van der Waals surface area contributed by atoms with Crippen LogP contribution in [-0.4, -0.2) is 60.9 Å². The quantitative estimate of drug-likeness (QED) is 0.796. The van der Waals surface area contributed by atoms with Crippen molar-refractivity contribution in [3.63, 3.8) is 0 Å². The minimum Gasteiger partial charge on any atom is -0.351 e. The van der Waals surface area contributed by atoms with Gasteiger partial charge in [-0.3, -0.25) is 14.5 Å². The fourth-order valence-corrected chi connectivity index (χ4v) is 3.85. The number of benzene rings is 1. The summed E-state index contributed by atoms with van der Waals surface area (Å²) in [5, 5.41) is 4.82. The van der Waals surface area contributed by atoms with Gasteiger partial charge in [-0.15, -0.1) is 11.3 Å². The second-order valence-corrected chi connectivity index (χ2v) is 7.11. The van der Waals surface area contributed by atoms with Crippen LogP contribution in [0.5, 0.6) is 0 Å². The van der Waals surface area contributed by atoms with Gasteiger partial charge in [-0.1, -0.05) is 36.9 Å². The molecule has 136 valence electrons. The lowest BCUT2D eigenvalue weighted by Crippen LogP contribution is -2.50. The van der Waals surface area contributed by atoms with Gasteiger partial charge in [0.2, 0.25) is 5.91 Å². The maximum absolute atomic E-state index is 12.7. The van der Waals surface area contributed by atoms with E-state index in [1.165, 1.54) is 17.4 Å². The molecule has 1 fully saturated rings. The number of nitrogens with zero attached hydrogens (tertiary/aromatic N) is 2. The van der Waals surface area contributed by atoms with E-state index in [0.717, 1.165) is 35.6 Å². The van der Waals surface area contributed by atoms with Crippen LogP contribution in [0.25, 0.3) is 11.1 Å². The van der Waals surface area contributed by atoms with Crippen LogP contribution in [0.15, 0.2) is 54.4 Å². The van der Waals surface area contributed by atoms with Crippen molar-refractivity contribution < 1.29 is 9.59 Å². The van der Waals surface area contributed by atoms with Crippen LogP contribution in [0.3, 0.4) is 0 Å². The number of rotatable bonds is 6. The van der Waals surface area contributed by atoms with Crippen LogP contribution in [0.4, 0.5) is 0 Å². The van der Waals surface area contributed by atoms with Gasteiger partial charge in [-0.05, 0) is 28.6 Å². The lowest BCUT2D eigenvalue weighted by atomic mass is 10.1. The van der Waals surface area contributed by atoms with Crippen LogP contribution in [0, 0.1) is 0 Å². The summed E-state index contributed by atoms with van der Waals surface area (Å²) in [6.07, 6.45) is 1.28. The monoisotopic (exact) mass is 369 g/mol. The number of nitrogens with one attached hydrogen (secondary N) is 1. The minimum atomic E-state index is -0.147. The molecule has 0 atom stereocenters. The Bertz CT molecular complexity index is 764. The van der Waals surface area contributed by atoms with Gasteiger partial charge >= 0.3 is 0 Å². The molecule has 1 aliphatic heterocycles. The summed E-state index contributed by atoms with van der Waals surface area (Å²) in [5.74, 6) is -0.0393. The third kappa shape index (κ3) is 4.59. The Balaban J connectivity index is 1.50. The molecular weight excluding hydrogens is 346 g/mol. The SMILES string of the molecule is C=CC(=O)NCCN1CCN(C(=O)c2cc(-c3ccccc3)cs2)CC1. The zero-order chi connectivity index (χ0) is 18.4. The molecule has 2 amide bonds. The summed E-state index contributed by atoms with van der Waals surface area (Å²) in [6.45, 7) is 7.91. The Morgan fingerprint density at radius 3 is 2.54 bits per heavy atom. The molecule has 0 aliphatic carbocycles. The Labute approximate surface area is 157 Å². The zero-order valence-corrected chi connectivity index (χ0v) is 15.5. The molecule has 2 heterocycles. The molecule has 1 aromatic carbocycles. The van der Waals surface area contributed by atoms with E-state index >= 15 is 0 Å². The molecule has 3 rings (SSSR count). The minimum absolute atomic E-state index is 0.108. The Morgan fingerprint density at radius 1 is 1.12 bits per heavy atom. The first-order valence-corrected chi connectivity index (χ1v) is 9.61. The van der Waals surface area contributed by atoms with Crippen molar-refractivity contribution in [2.45, 2.75) is 0 Å². The first-order valence-electron chi connectivity index (χ1n) is 8.73. The molecular formula is C20H23N3O2S. The van der Waals surface area contributed by atoms with Crippen molar-refractivity contribution in [3.8, 4) is 11.1 Å². The highest BCUT2D eigenvalue weighted by Crippen LogP contribution is 2.26. The standard InChI is InChI=1S/C20H23N3O2S/c1-2-19(24)21-8-9-22-10-12-23(13-11-22)20(25)18-14-17(15-26-18)16-6-4-3-5-7-16/h2-7,14-15H,1,8-13H2,(H,21,24). The number of piperazine rings is 1. The molecule has 1 saturated heterocycles. The van der Waals surface area contributed by atoms with Gasteiger partial charge in [-0.2, -0.15) is 0 Å². The molecule has 1 N–H and O–H groups in total. The van der Waals surface area contributed by atoms with Crippen LogP contribution in [0.2, 0.25) is 0 Å². The summed E-state index contributed by atoms with van der Waals surface area (Å²) in [4.78, 5) is 28.9. The topological polar surface area (TPSA) is 52.7 Å². The van der Waals surface area contributed by atoms with E-state index in [-0.39, 0.29) is 11.8 Å². The smallest absolute Gasteiger partial charge is 0.264 e. The van der Waals surface area contributed by atoms with Crippen molar-refractivity contribution in [2.24, 2.45) is 0 Å². The number of thiophene rings is 1. The normalized spacial score (nSPS) is 14.8. The fraction of sp³-hybridized carbons (Fsp3) is 0.300. The van der Waals surface area contributed by atoms with E-state index in [1.807, 2.05) is 34.5 Å². The molecule has 0 radical (unpaired) electrons. The van der Waals surface area contributed by atoms with E-state index in [0.29, 0.717) is 19.6 Å². The summed E-state index contributed by atoms with van der Waals surface area (Å²) in [7, 11) is 0. The van der Waals surface area contributed by atoms with Gasteiger partial charge in [0.05, 0.1) is 4.88 Å². The average molecular weight is 369 g/mol. The molecule has 0 bridgehead atoms. The highest BCUT2D eigenvalue weighted by atomic mass is 32.1. The average Bonchev–Trinajstić information content (AvgIpc) is 3.19. The van der Waals surface area contributed by atoms with Gasteiger partial charge < -0.3 is 10.2 Å². The molecule has 0 unspecified atom stereocenters. The molecule has 0 spiro atoms. The first-order chi connectivity index (χ1) is 12.7. The zero-order valence-electron chi connectivity index (χ0n) is 14.7. The van der Waals surface area contributed by atoms with Crippen LogP contribution in [-0.2, 0) is 4.79 Å². The summed E-state index contributed by atoms with van der Waals surface area (Å²) < 4.78 is 0. The summed E-state index contributed by atoms with van der Waals surface area (Å²) in [5.41, 5.74) is 2.23. The highest BCUT2D eigenvalue weighted by molar-refractivity contribution is 7.12. The number of amides is 2. The van der Waals surface area contributed by atoms with E-state index in [2.05, 4.69) is 28.9 Å². The maximum atomic E-state index is 12.7. The summed E-state index contributed by atoms with van der Waals surface area (Å²) in [6, 6.07) is 12.1. The fourth-order valence-electron chi connectivity index (χ4n) is 2.97. The molecule has 26 heavy (non-hydrogen) atoms. The van der Waals surface area contributed by atoms with Gasteiger partial charge in [0, 0.05) is 39.3 Å². The summed E-state index contributed by atoms with van der Waals surface area (Å²) >= 11 is 1.50. The number of carbonyl (C=O) groups is 2. The molecule has 0 saturated carbocycles. The number of hydrogen-bond donors (Lipinski definition) is 1. The predicted octanol–water partition coefficient (Wildman–Crippen LogP) is 2.48. The van der Waals surface area contributed by atoms with Crippen LogP contribution < -0.4 is 5.32 Å². The van der Waals surface area contributed by atoms with Gasteiger partial charge in [0.15, 0.2) is 0 Å². The van der Waals surface area contributed by atoms with E-state index in [1.54, 1.807) is 0 Å². The lowest BCUT2D eigenvalue weighted by molar-refractivity contribution is -0.116. The molecule has 1 aromatic heterocycles.